The van der Waals surface area contributed by atoms with Crippen LogP contribution in [0.4, 0.5) is 5.82 Å². The first-order valence-corrected chi connectivity index (χ1v) is 10.6. The number of hydrogen-bond donors (Lipinski definition) is 3. The van der Waals surface area contributed by atoms with E-state index in [-0.39, 0.29) is 12.5 Å². The fourth-order valence-electron chi connectivity index (χ4n) is 3.99. The molecule has 1 unspecified atom stereocenters. The van der Waals surface area contributed by atoms with Crippen molar-refractivity contribution in [3.05, 3.63) is 53.5 Å². The van der Waals surface area contributed by atoms with Crippen LogP contribution in [0, 0.1) is 0 Å². The molecule has 1 amide bonds. The van der Waals surface area contributed by atoms with Crippen LogP contribution in [-0.4, -0.2) is 70.9 Å². The maximum Gasteiger partial charge on any atom is 0.270 e. The van der Waals surface area contributed by atoms with Gasteiger partial charge >= 0.3 is 0 Å². The summed E-state index contributed by atoms with van der Waals surface area (Å²) in [5, 5.41) is 16.5. The Morgan fingerprint density at radius 2 is 2.03 bits per heavy atom. The number of ether oxygens (including phenoxy) is 1. The van der Waals surface area contributed by atoms with Gasteiger partial charge in [-0.15, -0.1) is 0 Å². The van der Waals surface area contributed by atoms with E-state index in [1.165, 1.54) is 17.5 Å². The van der Waals surface area contributed by atoms with Gasteiger partial charge < -0.3 is 20.5 Å². The maximum atomic E-state index is 12.5. The second-order valence-electron chi connectivity index (χ2n) is 7.94. The lowest BCUT2D eigenvalue weighted by atomic mass is 10.00. The lowest BCUT2D eigenvalue weighted by Gasteiger charge is -2.30. The third-order valence-corrected chi connectivity index (χ3v) is 5.65. The van der Waals surface area contributed by atoms with Crippen LogP contribution in [0.1, 0.15) is 34.5 Å². The summed E-state index contributed by atoms with van der Waals surface area (Å²) in [4.78, 5) is 23.0. The number of nitrogens with zero attached hydrogens (tertiary/aromatic N) is 3. The number of carbonyl (C=O) groups is 1. The molecule has 1 aromatic heterocycles. The monoisotopic (exact) mass is 411 g/mol. The molecule has 8 nitrogen and oxygen atoms in total. The van der Waals surface area contributed by atoms with Crippen LogP contribution in [0.15, 0.2) is 36.7 Å². The number of amides is 1. The first kappa shape index (κ1) is 20.7. The van der Waals surface area contributed by atoms with Gasteiger partial charge in [0.25, 0.3) is 5.91 Å². The van der Waals surface area contributed by atoms with E-state index in [4.69, 9.17) is 4.74 Å². The van der Waals surface area contributed by atoms with Gasteiger partial charge in [-0.1, -0.05) is 24.3 Å². The molecule has 0 spiro atoms. The average molecular weight is 412 g/mol. The summed E-state index contributed by atoms with van der Waals surface area (Å²) < 4.78 is 5.36. The van der Waals surface area contributed by atoms with Gasteiger partial charge in [0, 0.05) is 51.5 Å². The fourth-order valence-corrected chi connectivity index (χ4v) is 3.99. The van der Waals surface area contributed by atoms with E-state index in [1.54, 1.807) is 6.07 Å². The topological polar surface area (TPSA) is 99.6 Å². The Kier molecular flexibility index (Phi) is 6.88. The summed E-state index contributed by atoms with van der Waals surface area (Å²) in [6.07, 6.45) is 3.56. The van der Waals surface area contributed by atoms with Crippen molar-refractivity contribution >= 4 is 11.7 Å². The number of benzene rings is 1. The smallest absolute Gasteiger partial charge is 0.270 e. The van der Waals surface area contributed by atoms with E-state index in [0.717, 1.165) is 45.6 Å². The van der Waals surface area contributed by atoms with Gasteiger partial charge in [0.05, 0.1) is 6.10 Å². The molecule has 3 heterocycles. The van der Waals surface area contributed by atoms with Crippen molar-refractivity contribution < 1.29 is 14.6 Å². The quantitative estimate of drug-likeness (QED) is 0.630. The molecule has 8 heteroatoms. The Bertz CT molecular complexity index is 856. The Hall–Kier alpha value is -2.55. The zero-order valence-corrected chi connectivity index (χ0v) is 17.1. The Morgan fingerprint density at radius 3 is 2.87 bits per heavy atom. The van der Waals surface area contributed by atoms with Crippen molar-refractivity contribution in [2.45, 2.75) is 38.0 Å². The van der Waals surface area contributed by atoms with Gasteiger partial charge in [0.15, 0.2) is 0 Å². The van der Waals surface area contributed by atoms with Crippen LogP contribution in [0.25, 0.3) is 0 Å². The van der Waals surface area contributed by atoms with Crippen LogP contribution in [-0.2, 0) is 17.7 Å². The second-order valence-corrected chi connectivity index (χ2v) is 7.94. The summed E-state index contributed by atoms with van der Waals surface area (Å²) >= 11 is 0. The predicted octanol–water partition coefficient (Wildman–Crippen LogP) is 1.22. The van der Waals surface area contributed by atoms with Gasteiger partial charge in [0.1, 0.15) is 17.8 Å². The Morgan fingerprint density at radius 1 is 1.23 bits per heavy atom. The molecule has 30 heavy (non-hydrogen) atoms. The summed E-state index contributed by atoms with van der Waals surface area (Å²) in [6, 6.07) is 10.4. The minimum Gasteiger partial charge on any atom is -0.390 e. The molecule has 0 radical (unpaired) electrons. The lowest BCUT2D eigenvalue weighted by molar-refractivity contribution is 0.0837. The fraction of sp³-hybridized carbons (Fsp3) is 0.500. The largest absolute Gasteiger partial charge is 0.390 e. The highest BCUT2D eigenvalue weighted by atomic mass is 16.5. The number of aromatic nitrogens is 2. The SMILES string of the molecule is O=C(NCC(O)CN1CCc2ccccc2C1)c1cc(NC2CCOCC2)ncn1. The van der Waals surface area contributed by atoms with Crippen LogP contribution in [0.3, 0.4) is 0 Å². The van der Waals surface area contributed by atoms with Crippen molar-refractivity contribution in [2.75, 3.05) is 38.2 Å². The third kappa shape index (κ3) is 5.53. The first-order valence-electron chi connectivity index (χ1n) is 10.6. The normalized spacial score (nSPS) is 18.4. The summed E-state index contributed by atoms with van der Waals surface area (Å²) in [7, 11) is 0. The predicted molar refractivity (Wildman–Crippen MR) is 113 cm³/mol. The summed E-state index contributed by atoms with van der Waals surface area (Å²) in [5.41, 5.74) is 2.98. The molecule has 2 aliphatic rings. The van der Waals surface area contributed by atoms with E-state index < -0.39 is 6.10 Å². The molecule has 160 valence electrons. The van der Waals surface area contributed by atoms with Gasteiger partial charge in [-0.2, -0.15) is 0 Å². The van der Waals surface area contributed by atoms with E-state index in [1.807, 2.05) is 6.07 Å². The van der Waals surface area contributed by atoms with Gasteiger partial charge in [-0.05, 0) is 30.4 Å². The molecule has 0 saturated carbocycles. The first-order chi connectivity index (χ1) is 14.7. The Labute approximate surface area is 176 Å². The summed E-state index contributed by atoms with van der Waals surface area (Å²) in [5.74, 6) is 0.324. The zero-order chi connectivity index (χ0) is 20.8. The van der Waals surface area contributed by atoms with Crippen molar-refractivity contribution in [2.24, 2.45) is 0 Å². The van der Waals surface area contributed by atoms with Crippen LogP contribution < -0.4 is 10.6 Å². The summed E-state index contributed by atoms with van der Waals surface area (Å²) in [6.45, 7) is 3.91. The molecule has 3 N–H and O–H groups in total. The zero-order valence-electron chi connectivity index (χ0n) is 17.1. The van der Waals surface area contributed by atoms with Crippen LogP contribution in [0.5, 0.6) is 0 Å². The van der Waals surface area contributed by atoms with Gasteiger partial charge in [-0.25, -0.2) is 9.97 Å². The molecular formula is C22H29N5O3. The second kappa shape index (κ2) is 9.97. The van der Waals surface area contributed by atoms with Crippen molar-refractivity contribution in [3.8, 4) is 0 Å². The molecule has 1 atom stereocenters. The molecule has 1 fully saturated rings. The van der Waals surface area contributed by atoms with Gasteiger partial charge in [-0.3, -0.25) is 9.69 Å². The Balaban J connectivity index is 1.24. The van der Waals surface area contributed by atoms with E-state index in [0.29, 0.717) is 24.1 Å². The molecule has 1 saturated heterocycles. The van der Waals surface area contributed by atoms with Gasteiger partial charge in [0.2, 0.25) is 0 Å². The van der Waals surface area contributed by atoms with Crippen LogP contribution in [0.2, 0.25) is 0 Å². The highest BCUT2D eigenvalue weighted by Gasteiger charge is 2.20. The molecule has 2 aliphatic heterocycles. The van der Waals surface area contributed by atoms with E-state index in [2.05, 4.69) is 43.7 Å². The maximum absolute atomic E-state index is 12.5. The standard InChI is InChI=1S/C22H29N5O3/c28-19(14-27-8-5-16-3-1-2-4-17(16)13-27)12-23-22(29)20-11-21(25-15-24-20)26-18-6-9-30-10-7-18/h1-4,11,15,18-19,28H,5-10,12-14H2,(H,23,29)(H,24,25,26). The minimum atomic E-state index is -0.638. The van der Waals surface area contributed by atoms with Crippen molar-refractivity contribution in [1.82, 2.24) is 20.2 Å². The molecule has 2 aromatic rings. The average Bonchev–Trinajstić information content (AvgIpc) is 2.78. The molecule has 0 aliphatic carbocycles. The van der Waals surface area contributed by atoms with E-state index >= 15 is 0 Å². The number of β-amino-alcohol motifs (C(OH)–C–C–N with tert-alkyl or cyclic N) is 1. The third-order valence-electron chi connectivity index (χ3n) is 5.65. The number of fused-ring (bicyclic) bond motifs is 1. The number of anilines is 1. The number of carbonyl (C=O) groups excluding carboxylic acids is 1. The molecule has 4 rings (SSSR count). The molecule has 0 bridgehead atoms. The van der Waals surface area contributed by atoms with Crippen molar-refractivity contribution in [1.29, 1.82) is 0 Å². The number of aliphatic hydroxyl groups excluding tert-OH is 1. The number of rotatable bonds is 7. The molecular weight excluding hydrogens is 382 g/mol. The van der Waals surface area contributed by atoms with E-state index in [9.17, 15) is 9.90 Å². The highest BCUT2D eigenvalue weighted by Crippen LogP contribution is 2.18. The number of nitrogens with one attached hydrogen (secondary N) is 2. The van der Waals surface area contributed by atoms with Crippen molar-refractivity contribution in [3.63, 3.8) is 0 Å². The lowest BCUT2D eigenvalue weighted by Crippen LogP contribution is -2.42. The number of hydrogen-bond acceptors (Lipinski definition) is 7. The number of aliphatic hydroxyl groups is 1. The molecule has 1 aromatic carbocycles. The van der Waals surface area contributed by atoms with Crippen LogP contribution >= 0.6 is 0 Å². The minimum absolute atomic E-state index is 0.184. The highest BCUT2D eigenvalue weighted by molar-refractivity contribution is 5.92.